The van der Waals surface area contributed by atoms with Crippen molar-refractivity contribution in [3.05, 3.63) is 46.1 Å². The van der Waals surface area contributed by atoms with Crippen LogP contribution in [0.25, 0.3) is 0 Å². The van der Waals surface area contributed by atoms with Crippen LogP contribution in [0.5, 0.6) is 0 Å². The lowest BCUT2D eigenvalue weighted by Crippen LogP contribution is -1.97. The molecule has 17 heavy (non-hydrogen) atoms. The lowest BCUT2D eigenvalue weighted by molar-refractivity contribution is 1.27. The number of nitrogen functional groups attached to an aromatic ring is 1. The Hall–Kier alpha value is -1.55. The highest BCUT2D eigenvalue weighted by Gasteiger charge is 2.01. The summed E-state index contributed by atoms with van der Waals surface area (Å²) in [5, 5.41) is 3.25. The lowest BCUT2D eigenvalue weighted by atomic mass is 10.2. The summed E-state index contributed by atoms with van der Waals surface area (Å²) in [6, 6.07) is 8.02. The first-order chi connectivity index (χ1) is 8.06. The van der Waals surface area contributed by atoms with E-state index in [0.717, 1.165) is 21.5 Å². The Morgan fingerprint density at radius 3 is 2.59 bits per heavy atom. The second kappa shape index (κ2) is 4.75. The normalized spacial score (nSPS) is 10.3. The first kappa shape index (κ1) is 11.9. The molecule has 0 bridgehead atoms. The third kappa shape index (κ3) is 2.77. The maximum Gasteiger partial charge on any atom is 0.130 e. The molecule has 0 aliphatic carbocycles. The molecule has 2 rings (SSSR count). The number of aromatic nitrogens is 1. The third-order valence-corrected chi connectivity index (χ3v) is 3.47. The summed E-state index contributed by atoms with van der Waals surface area (Å²) in [7, 11) is 0. The average Bonchev–Trinajstić information content (AvgIpc) is 2.29. The van der Waals surface area contributed by atoms with E-state index in [9.17, 15) is 0 Å². The minimum absolute atomic E-state index is 0.711. The number of halogens is 1. The van der Waals surface area contributed by atoms with Crippen LogP contribution in [0.1, 0.15) is 11.1 Å². The molecule has 1 heterocycles. The van der Waals surface area contributed by atoms with Crippen molar-refractivity contribution in [1.82, 2.24) is 4.98 Å². The summed E-state index contributed by atoms with van der Waals surface area (Å²) in [5.41, 5.74) is 9.66. The predicted octanol–water partition coefficient (Wildman–Crippen LogP) is 3.79. The molecular formula is C13H14BrN3. The summed E-state index contributed by atoms with van der Waals surface area (Å²) < 4.78 is 1.10. The Labute approximate surface area is 109 Å². The Kier molecular flexibility index (Phi) is 3.33. The fourth-order valence-electron chi connectivity index (χ4n) is 1.51. The summed E-state index contributed by atoms with van der Waals surface area (Å²) >= 11 is 3.48. The molecule has 2 aromatic rings. The first-order valence-electron chi connectivity index (χ1n) is 5.31. The molecule has 1 aromatic carbocycles. The van der Waals surface area contributed by atoms with Crippen LogP contribution >= 0.6 is 15.9 Å². The number of nitrogens with two attached hydrogens (primary N) is 1. The van der Waals surface area contributed by atoms with Gasteiger partial charge in [-0.05, 0) is 49.2 Å². The number of pyridine rings is 1. The van der Waals surface area contributed by atoms with E-state index in [1.165, 1.54) is 5.56 Å². The molecule has 0 unspecified atom stereocenters. The van der Waals surface area contributed by atoms with Gasteiger partial charge in [0.2, 0.25) is 0 Å². The van der Waals surface area contributed by atoms with Gasteiger partial charge in [0.1, 0.15) is 5.82 Å². The second-order valence-corrected chi connectivity index (χ2v) is 4.87. The molecule has 3 N–H and O–H groups in total. The van der Waals surface area contributed by atoms with Gasteiger partial charge in [0.15, 0.2) is 0 Å². The number of aryl methyl sites for hydroxylation is 2. The van der Waals surface area contributed by atoms with Crippen molar-refractivity contribution in [3.8, 4) is 0 Å². The molecule has 3 nitrogen and oxygen atoms in total. The average molecular weight is 292 g/mol. The zero-order valence-corrected chi connectivity index (χ0v) is 11.4. The van der Waals surface area contributed by atoms with Crippen molar-refractivity contribution in [2.45, 2.75) is 13.8 Å². The quantitative estimate of drug-likeness (QED) is 0.885. The third-order valence-electron chi connectivity index (χ3n) is 2.58. The van der Waals surface area contributed by atoms with Gasteiger partial charge in [0.25, 0.3) is 0 Å². The molecule has 0 spiro atoms. The zero-order valence-electron chi connectivity index (χ0n) is 9.79. The van der Waals surface area contributed by atoms with Crippen molar-refractivity contribution in [1.29, 1.82) is 0 Å². The minimum atomic E-state index is 0.711. The predicted molar refractivity (Wildman–Crippen MR) is 75.5 cm³/mol. The zero-order chi connectivity index (χ0) is 12.4. The topological polar surface area (TPSA) is 50.9 Å². The molecule has 0 fully saturated rings. The van der Waals surface area contributed by atoms with Crippen LogP contribution in [0.4, 0.5) is 17.2 Å². The van der Waals surface area contributed by atoms with Gasteiger partial charge in [0, 0.05) is 10.2 Å². The SMILES string of the molecule is Cc1cc(Nc2ccc(Br)c(C)c2)ncc1N. The monoisotopic (exact) mass is 291 g/mol. The second-order valence-electron chi connectivity index (χ2n) is 4.02. The van der Waals surface area contributed by atoms with Gasteiger partial charge in [-0.25, -0.2) is 4.98 Å². The number of hydrogen-bond donors (Lipinski definition) is 2. The summed E-state index contributed by atoms with van der Waals surface area (Å²) in [5.74, 6) is 0.804. The van der Waals surface area contributed by atoms with Crippen molar-refractivity contribution < 1.29 is 0 Å². The number of hydrogen-bond acceptors (Lipinski definition) is 3. The Morgan fingerprint density at radius 2 is 1.94 bits per heavy atom. The molecule has 0 aliphatic heterocycles. The molecule has 1 aromatic heterocycles. The highest BCUT2D eigenvalue weighted by atomic mass is 79.9. The van der Waals surface area contributed by atoms with Crippen LogP contribution in [0.2, 0.25) is 0 Å². The van der Waals surface area contributed by atoms with E-state index in [0.29, 0.717) is 5.69 Å². The van der Waals surface area contributed by atoms with Crippen LogP contribution in [-0.2, 0) is 0 Å². The molecule has 0 aliphatic rings. The van der Waals surface area contributed by atoms with Crippen LogP contribution in [0.3, 0.4) is 0 Å². The lowest BCUT2D eigenvalue weighted by Gasteiger charge is -2.09. The van der Waals surface area contributed by atoms with E-state index in [4.69, 9.17) is 5.73 Å². The fraction of sp³-hybridized carbons (Fsp3) is 0.154. The van der Waals surface area contributed by atoms with E-state index in [2.05, 4.69) is 39.2 Å². The summed E-state index contributed by atoms with van der Waals surface area (Å²) in [6.45, 7) is 4.02. The Bertz CT molecular complexity index is 503. The number of anilines is 3. The van der Waals surface area contributed by atoms with Crippen LogP contribution < -0.4 is 11.1 Å². The van der Waals surface area contributed by atoms with Gasteiger partial charge >= 0.3 is 0 Å². The van der Waals surface area contributed by atoms with Crippen LogP contribution in [0, 0.1) is 13.8 Å². The fourth-order valence-corrected chi connectivity index (χ4v) is 1.75. The standard InChI is InChI=1S/C13H14BrN3/c1-8-5-10(3-4-11(8)14)17-13-6-9(2)12(15)7-16-13/h3-7H,15H2,1-2H3,(H,16,17). The molecule has 88 valence electrons. The molecular weight excluding hydrogens is 278 g/mol. The molecule has 0 amide bonds. The van der Waals surface area contributed by atoms with E-state index < -0.39 is 0 Å². The van der Waals surface area contributed by atoms with E-state index in [1.54, 1.807) is 6.20 Å². The van der Waals surface area contributed by atoms with Gasteiger partial charge in [-0.15, -0.1) is 0 Å². The van der Waals surface area contributed by atoms with Crippen LogP contribution in [-0.4, -0.2) is 4.98 Å². The number of benzene rings is 1. The summed E-state index contributed by atoms with van der Waals surface area (Å²) in [6.07, 6.45) is 1.67. The van der Waals surface area contributed by atoms with Gasteiger partial charge in [-0.1, -0.05) is 15.9 Å². The Balaban J connectivity index is 2.25. The molecule has 0 atom stereocenters. The van der Waals surface area contributed by atoms with Crippen molar-refractivity contribution in [2.24, 2.45) is 0 Å². The summed E-state index contributed by atoms with van der Waals surface area (Å²) in [4.78, 5) is 4.24. The first-order valence-corrected chi connectivity index (χ1v) is 6.11. The number of nitrogens with one attached hydrogen (secondary N) is 1. The minimum Gasteiger partial charge on any atom is -0.397 e. The van der Waals surface area contributed by atoms with E-state index >= 15 is 0 Å². The maximum atomic E-state index is 5.73. The van der Waals surface area contributed by atoms with Gasteiger partial charge in [-0.3, -0.25) is 0 Å². The maximum absolute atomic E-state index is 5.73. The number of nitrogens with zero attached hydrogens (tertiary/aromatic N) is 1. The van der Waals surface area contributed by atoms with Gasteiger partial charge < -0.3 is 11.1 Å². The molecule has 0 saturated carbocycles. The highest BCUT2D eigenvalue weighted by Crippen LogP contribution is 2.23. The largest absolute Gasteiger partial charge is 0.397 e. The van der Waals surface area contributed by atoms with E-state index in [-0.39, 0.29) is 0 Å². The van der Waals surface area contributed by atoms with Crippen molar-refractivity contribution in [3.63, 3.8) is 0 Å². The smallest absolute Gasteiger partial charge is 0.130 e. The van der Waals surface area contributed by atoms with Gasteiger partial charge in [-0.2, -0.15) is 0 Å². The number of rotatable bonds is 2. The van der Waals surface area contributed by atoms with Crippen molar-refractivity contribution in [2.75, 3.05) is 11.1 Å². The van der Waals surface area contributed by atoms with Crippen LogP contribution in [0.15, 0.2) is 34.9 Å². The van der Waals surface area contributed by atoms with Gasteiger partial charge in [0.05, 0.1) is 11.9 Å². The Morgan fingerprint density at radius 1 is 1.18 bits per heavy atom. The molecule has 4 heteroatoms. The van der Waals surface area contributed by atoms with Crippen molar-refractivity contribution >= 4 is 33.1 Å². The highest BCUT2D eigenvalue weighted by molar-refractivity contribution is 9.10. The molecule has 0 radical (unpaired) electrons. The van der Waals surface area contributed by atoms with E-state index in [1.807, 2.05) is 25.1 Å². The molecule has 0 saturated heterocycles.